The highest BCUT2D eigenvalue weighted by Crippen LogP contribution is 2.52. The van der Waals surface area contributed by atoms with Crippen LogP contribution in [0.1, 0.15) is 45.1 Å². The monoisotopic (exact) mass is 482 g/mol. The number of fused-ring (bicyclic) bond motifs is 1. The highest BCUT2D eigenvalue weighted by molar-refractivity contribution is 7.90. The van der Waals surface area contributed by atoms with Gasteiger partial charge in [-0.15, -0.1) is 0 Å². The molecule has 1 aromatic carbocycles. The fraction of sp³-hybridized carbons (Fsp3) is 0.440. The van der Waals surface area contributed by atoms with Crippen molar-refractivity contribution in [2.24, 2.45) is 5.92 Å². The van der Waals surface area contributed by atoms with Crippen LogP contribution < -0.4 is 14.4 Å². The highest BCUT2D eigenvalue weighted by Gasteiger charge is 2.54. The summed E-state index contributed by atoms with van der Waals surface area (Å²) in [6, 6.07) is 8.64. The molecule has 1 saturated carbocycles. The quantitative estimate of drug-likeness (QED) is 0.507. The number of pyridine rings is 1. The molecule has 34 heavy (non-hydrogen) atoms. The number of sulfonamides is 1. The van der Waals surface area contributed by atoms with E-state index in [0.29, 0.717) is 47.7 Å². The van der Waals surface area contributed by atoms with Gasteiger partial charge in [0.15, 0.2) is 0 Å². The Balaban J connectivity index is 1.48. The number of aromatic nitrogens is 2. The molecule has 0 radical (unpaired) electrons. The lowest BCUT2D eigenvalue weighted by atomic mass is 9.95. The predicted molar refractivity (Wildman–Crippen MR) is 131 cm³/mol. The lowest BCUT2D eigenvalue weighted by Gasteiger charge is -2.23. The average Bonchev–Trinajstić information content (AvgIpc) is 3.20. The Morgan fingerprint density at radius 3 is 2.71 bits per heavy atom. The Kier molecular flexibility index (Phi) is 5.75. The number of carbonyl (C=O) groups excluding carboxylic acids is 1. The van der Waals surface area contributed by atoms with Crippen molar-refractivity contribution in [1.29, 1.82) is 0 Å². The molecule has 0 spiro atoms. The van der Waals surface area contributed by atoms with Crippen LogP contribution in [0.3, 0.4) is 0 Å². The third-order valence-electron chi connectivity index (χ3n) is 6.63. The molecular formula is C25H30N4O4S. The Hall–Kier alpha value is -3.07. The van der Waals surface area contributed by atoms with Gasteiger partial charge in [-0.25, -0.2) is 18.1 Å². The van der Waals surface area contributed by atoms with Gasteiger partial charge in [-0.1, -0.05) is 19.9 Å². The van der Waals surface area contributed by atoms with E-state index in [4.69, 9.17) is 4.74 Å². The summed E-state index contributed by atoms with van der Waals surface area (Å²) in [5.41, 5.74) is 1.35. The van der Waals surface area contributed by atoms with E-state index >= 15 is 0 Å². The molecule has 1 amide bonds. The first-order chi connectivity index (χ1) is 16.3. The van der Waals surface area contributed by atoms with Crippen molar-refractivity contribution in [3.63, 3.8) is 0 Å². The number of nitrogens with one attached hydrogen (secondary N) is 2. The molecule has 3 aromatic rings. The Morgan fingerprint density at radius 1 is 1.24 bits per heavy atom. The number of anilines is 1. The van der Waals surface area contributed by atoms with Gasteiger partial charge in [0.05, 0.1) is 28.8 Å². The van der Waals surface area contributed by atoms with E-state index in [-0.39, 0.29) is 4.90 Å². The van der Waals surface area contributed by atoms with Crippen LogP contribution in [0.15, 0.2) is 47.6 Å². The van der Waals surface area contributed by atoms with Crippen molar-refractivity contribution in [2.75, 3.05) is 24.6 Å². The number of hydrogen-bond donors (Lipinski definition) is 2. The first-order valence-electron chi connectivity index (χ1n) is 11.8. The minimum atomic E-state index is -4.06. The van der Waals surface area contributed by atoms with Gasteiger partial charge >= 0.3 is 0 Å². The second-order valence-corrected chi connectivity index (χ2v) is 11.3. The van der Waals surface area contributed by atoms with Gasteiger partial charge in [0.2, 0.25) is 11.8 Å². The van der Waals surface area contributed by atoms with Gasteiger partial charge in [-0.05, 0) is 55.9 Å². The summed E-state index contributed by atoms with van der Waals surface area (Å²) < 4.78 is 34.8. The van der Waals surface area contributed by atoms with Crippen LogP contribution in [-0.2, 0) is 20.2 Å². The molecule has 1 aliphatic heterocycles. The molecule has 2 fully saturated rings. The van der Waals surface area contributed by atoms with Crippen molar-refractivity contribution in [3.8, 4) is 5.88 Å². The highest BCUT2D eigenvalue weighted by atomic mass is 32.2. The molecule has 1 saturated heterocycles. The number of hydrogen-bond acceptors (Lipinski definition) is 6. The van der Waals surface area contributed by atoms with Crippen LogP contribution in [0.25, 0.3) is 10.9 Å². The summed E-state index contributed by atoms with van der Waals surface area (Å²) in [6.45, 7) is 6.45. The van der Waals surface area contributed by atoms with Crippen molar-refractivity contribution >= 4 is 32.5 Å². The Bertz CT molecular complexity index is 1320. The zero-order chi connectivity index (χ0) is 23.9. The van der Waals surface area contributed by atoms with Crippen molar-refractivity contribution < 1.29 is 17.9 Å². The number of nitrogens with zero attached hydrogens (tertiary/aromatic N) is 2. The number of ether oxygens (including phenoxy) is 1. The second kappa shape index (κ2) is 8.61. The summed E-state index contributed by atoms with van der Waals surface area (Å²) >= 11 is 0. The predicted octanol–water partition coefficient (Wildman–Crippen LogP) is 3.73. The van der Waals surface area contributed by atoms with E-state index in [1.807, 2.05) is 19.9 Å². The van der Waals surface area contributed by atoms with Crippen LogP contribution in [0.4, 0.5) is 5.69 Å². The van der Waals surface area contributed by atoms with E-state index in [1.54, 1.807) is 30.6 Å². The fourth-order valence-electron chi connectivity index (χ4n) is 4.60. The van der Waals surface area contributed by atoms with Crippen LogP contribution in [-0.4, -0.2) is 44.0 Å². The second-order valence-electron chi connectivity index (χ2n) is 9.66. The van der Waals surface area contributed by atoms with Gasteiger partial charge in [0.1, 0.15) is 0 Å². The summed E-state index contributed by atoms with van der Waals surface area (Å²) in [5.74, 6) is 0.170. The van der Waals surface area contributed by atoms with Gasteiger partial charge in [-0.3, -0.25) is 4.79 Å². The number of carbonyl (C=O) groups is 1. The summed E-state index contributed by atoms with van der Waals surface area (Å²) in [5, 5.41) is 0.548. The maximum atomic E-state index is 13.5. The third-order valence-corrected chi connectivity index (χ3v) is 8.02. The van der Waals surface area contributed by atoms with Crippen LogP contribution in [0.5, 0.6) is 5.88 Å². The molecule has 2 aliphatic rings. The topological polar surface area (TPSA) is 104 Å². The first kappa shape index (κ1) is 22.7. The SMILES string of the molecule is CC(C)COc1ncc(N2CCCC2)cc1C1(C(=O)NS(=O)(=O)c2cccc3[nH]ccc23)CC1. The molecule has 3 heterocycles. The van der Waals surface area contributed by atoms with Crippen molar-refractivity contribution in [3.05, 3.63) is 48.3 Å². The van der Waals surface area contributed by atoms with E-state index in [1.165, 1.54) is 6.07 Å². The summed E-state index contributed by atoms with van der Waals surface area (Å²) in [4.78, 5) is 23.4. The molecule has 2 N–H and O–H groups in total. The van der Waals surface area contributed by atoms with E-state index in [0.717, 1.165) is 31.6 Å². The zero-order valence-corrected chi connectivity index (χ0v) is 20.3. The minimum Gasteiger partial charge on any atom is -0.477 e. The number of amides is 1. The summed E-state index contributed by atoms with van der Waals surface area (Å²) in [6.07, 6.45) is 6.81. The smallest absolute Gasteiger partial charge is 0.264 e. The van der Waals surface area contributed by atoms with Crippen molar-refractivity contribution in [2.45, 2.75) is 49.8 Å². The standard InChI is InChI=1S/C25H30N4O4S/c1-17(2)16-33-23-20(14-18(15-27-23)29-12-3-4-13-29)25(9-10-25)24(30)28-34(31,32)22-7-5-6-21-19(22)8-11-26-21/h5-8,11,14-15,17,26H,3-4,9-10,12-13,16H2,1-2H3,(H,28,30). The lowest BCUT2D eigenvalue weighted by molar-refractivity contribution is -0.121. The number of benzene rings is 1. The normalized spacial score (nSPS) is 17.3. The Morgan fingerprint density at radius 2 is 2.00 bits per heavy atom. The molecule has 0 unspecified atom stereocenters. The Labute approximate surface area is 199 Å². The number of aromatic amines is 1. The molecule has 0 bridgehead atoms. The van der Waals surface area contributed by atoms with Crippen LogP contribution in [0.2, 0.25) is 0 Å². The summed E-state index contributed by atoms with van der Waals surface area (Å²) in [7, 11) is -4.06. The first-order valence-corrected chi connectivity index (χ1v) is 13.3. The lowest BCUT2D eigenvalue weighted by Crippen LogP contribution is -2.39. The molecule has 5 rings (SSSR count). The molecule has 9 heteroatoms. The van der Waals surface area contributed by atoms with E-state index in [2.05, 4.69) is 19.6 Å². The van der Waals surface area contributed by atoms with E-state index in [9.17, 15) is 13.2 Å². The minimum absolute atomic E-state index is 0.0793. The van der Waals surface area contributed by atoms with Gasteiger partial charge < -0.3 is 14.6 Å². The molecule has 180 valence electrons. The maximum absolute atomic E-state index is 13.5. The average molecular weight is 483 g/mol. The molecular weight excluding hydrogens is 452 g/mol. The zero-order valence-electron chi connectivity index (χ0n) is 19.5. The van der Waals surface area contributed by atoms with Crippen molar-refractivity contribution in [1.82, 2.24) is 14.7 Å². The molecule has 2 aromatic heterocycles. The number of rotatable bonds is 8. The maximum Gasteiger partial charge on any atom is 0.264 e. The van der Waals surface area contributed by atoms with E-state index < -0.39 is 21.3 Å². The van der Waals surface area contributed by atoms with Crippen LogP contribution in [0, 0.1) is 5.92 Å². The molecule has 8 nitrogen and oxygen atoms in total. The third kappa shape index (κ3) is 4.13. The fourth-order valence-corrected chi connectivity index (χ4v) is 5.88. The van der Waals surface area contributed by atoms with Crippen LogP contribution >= 0.6 is 0 Å². The molecule has 0 atom stereocenters. The molecule has 1 aliphatic carbocycles. The van der Waals surface area contributed by atoms with Gasteiger partial charge in [-0.2, -0.15) is 0 Å². The van der Waals surface area contributed by atoms with Gasteiger partial charge in [0.25, 0.3) is 10.0 Å². The largest absolute Gasteiger partial charge is 0.477 e. The van der Waals surface area contributed by atoms with Gasteiger partial charge in [0, 0.05) is 35.8 Å². The number of H-pyrrole nitrogens is 1.